The molecule has 1 atom stereocenters. The molecular formula is C22H43N3S3. The van der Waals surface area contributed by atoms with Gasteiger partial charge in [0.2, 0.25) is 5.13 Å². The van der Waals surface area contributed by atoms with Crippen LogP contribution in [0.5, 0.6) is 0 Å². The fourth-order valence-corrected chi connectivity index (χ4v) is 6.41. The van der Waals surface area contributed by atoms with Crippen LogP contribution in [0.3, 0.4) is 0 Å². The maximum Gasteiger partial charge on any atom is 0.206 e. The van der Waals surface area contributed by atoms with Gasteiger partial charge in [-0.15, -0.1) is 10.2 Å². The Morgan fingerprint density at radius 3 is 2.11 bits per heavy atom. The first-order valence-electron chi connectivity index (χ1n) is 11.7. The smallest absolute Gasteiger partial charge is 0.206 e. The van der Waals surface area contributed by atoms with Gasteiger partial charge in [0, 0.05) is 12.3 Å². The molecule has 0 saturated heterocycles. The van der Waals surface area contributed by atoms with Gasteiger partial charge in [0.15, 0.2) is 4.34 Å². The number of anilines is 1. The van der Waals surface area contributed by atoms with Crippen molar-refractivity contribution in [2.24, 2.45) is 5.92 Å². The van der Waals surface area contributed by atoms with Crippen molar-refractivity contribution >= 4 is 38.1 Å². The van der Waals surface area contributed by atoms with Crippen molar-refractivity contribution in [3.63, 3.8) is 0 Å². The Balaban J connectivity index is 1.97. The van der Waals surface area contributed by atoms with Crippen LogP contribution in [0, 0.1) is 5.92 Å². The lowest BCUT2D eigenvalue weighted by atomic mass is 10.00. The van der Waals surface area contributed by atoms with Crippen LogP contribution in [0.2, 0.25) is 0 Å². The maximum absolute atomic E-state index is 4.32. The Kier molecular flexibility index (Phi) is 17.8. The maximum atomic E-state index is 4.32. The molecule has 28 heavy (non-hydrogen) atoms. The molecule has 0 radical (unpaired) electrons. The van der Waals surface area contributed by atoms with E-state index in [1.54, 1.807) is 22.1 Å². The minimum Gasteiger partial charge on any atom is -0.360 e. The topological polar surface area (TPSA) is 37.8 Å². The summed E-state index contributed by atoms with van der Waals surface area (Å²) in [4.78, 5) is 0. The van der Waals surface area contributed by atoms with E-state index in [1.807, 2.05) is 10.8 Å². The molecule has 0 aromatic carbocycles. The van der Waals surface area contributed by atoms with Gasteiger partial charge < -0.3 is 5.32 Å². The first kappa shape index (κ1) is 26.1. The van der Waals surface area contributed by atoms with Gasteiger partial charge in [-0.05, 0) is 29.6 Å². The average Bonchev–Trinajstić information content (AvgIpc) is 3.17. The van der Waals surface area contributed by atoms with Crippen LogP contribution in [-0.2, 0) is 0 Å². The summed E-state index contributed by atoms with van der Waals surface area (Å²) < 4.78 is 1.08. The van der Waals surface area contributed by atoms with Gasteiger partial charge in [0.25, 0.3) is 0 Å². The fourth-order valence-electron chi connectivity index (χ4n) is 3.23. The summed E-state index contributed by atoms with van der Waals surface area (Å²) in [5, 5.41) is 13.1. The number of nitrogens with one attached hydrogen (secondary N) is 1. The van der Waals surface area contributed by atoms with Crippen molar-refractivity contribution in [2.75, 3.05) is 17.6 Å². The van der Waals surface area contributed by atoms with Crippen LogP contribution in [-0.4, -0.2) is 22.5 Å². The second-order valence-corrected chi connectivity index (χ2v) is 11.4. The largest absolute Gasteiger partial charge is 0.360 e. The van der Waals surface area contributed by atoms with Crippen molar-refractivity contribution in [2.45, 2.75) is 115 Å². The summed E-state index contributed by atoms with van der Waals surface area (Å²) in [5.41, 5.74) is 0. The zero-order valence-corrected chi connectivity index (χ0v) is 21.0. The summed E-state index contributed by atoms with van der Waals surface area (Å²) in [6.07, 6.45) is 19.2. The van der Waals surface area contributed by atoms with Gasteiger partial charge in [0.05, 0.1) is 0 Å². The Morgan fingerprint density at radius 2 is 1.46 bits per heavy atom. The Hall–Kier alpha value is 0.0600. The molecule has 6 heteroatoms. The number of aromatic nitrogens is 2. The van der Waals surface area contributed by atoms with E-state index in [0.717, 1.165) is 21.9 Å². The first-order chi connectivity index (χ1) is 13.8. The predicted molar refractivity (Wildman–Crippen MR) is 132 cm³/mol. The molecule has 1 unspecified atom stereocenters. The molecule has 1 N–H and O–H groups in total. The number of hydrogen-bond donors (Lipinski definition) is 1. The van der Waals surface area contributed by atoms with Crippen molar-refractivity contribution in [3.8, 4) is 0 Å². The van der Waals surface area contributed by atoms with Crippen molar-refractivity contribution in [1.82, 2.24) is 10.2 Å². The molecule has 0 fully saturated rings. The highest BCUT2D eigenvalue weighted by Gasteiger charge is 2.09. The molecule has 1 rings (SSSR count). The van der Waals surface area contributed by atoms with E-state index < -0.39 is 0 Å². The van der Waals surface area contributed by atoms with E-state index in [1.165, 1.54) is 95.6 Å². The van der Waals surface area contributed by atoms with Gasteiger partial charge in [0.1, 0.15) is 0 Å². The molecule has 3 nitrogen and oxygen atoms in total. The Labute approximate surface area is 186 Å². The molecule has 0 aliphatic rings. The molecule has 0 spiro atoms. The molecule has 0 aliphatic carbocycles. The second-order valence-electron chi connectivity index (χ2n) is 7.76. The van der Waals surface area contributed by atoms with E-state index in [0.29, 0.717) is 0 Å². The molecule has 164 valence electrons. The number of rotatable bonds is 20. The Morgan fingerprint density at radius 1 is 0.821 bits per heavy atom. The van der Waals surface area contributed by atoms with E-state index in [2.05, 4.69) is 36.3 Å². The van der Waals surface area contributed by atoms with E-state index in [9.17, 15) is 0 Å². The normalized spacial score (nSPS) is 12.4. The Bertz CT molecular complexity index is 454. The zero-order valence-electron chi connectivity index (χ0n) is 18.5. The van der Waals surface area contributed by atoms with Crippen LogP contribution in [0.25, 0.3) is 0 Å². The summed E-state index contributed by atoms with van der Waals surface area (Å²) in [6.45, 7) is 7.87. The third-order valence-corrected chi connectivity index (χ3v) is 8.82. The minimum atomic E-state index is 0.755. The zero-order chi connectivity index (χ0) is 20.3. The summed E-state index contributed by atoms with van der Waals surface area (Å²) >= 11 is 1.70. The van der Waals surface area contributed by atoms with Crippen LogP contribution in [0.15, 0.2) is 4.34 Å². The van der Waals surface area contributed by atoms with Gasteiger partial charge >= 0.3 is 0 Å². The first-order valence-corrected chi connectivity index (χ1v) is 14.8. The standard InChI is InChI=1S/C22H43N3S3/c1-4-7-9-10-11-12-13-14-15-16-18-26-28-22-25-24-21(27-22)23-19-20(6-3)17-8-5-2/h20H,4-19H2,1-3H3,(H,23,24). The van der Waals surface area contributed by atoms with Crippen molar-refractivity contribution in [1.29, 1.82) is 0 Å². The molecule has 1 heterocycles. The van der Waals surface area contributed by atoms with Gasteiger partial charge in [-0.3, -0.25) is 0 Å². The number of hydrogen-bond acceptors (Lipinski definition) is 6. The SMILES string of the molecule is CCCCCCCCCCCCSSc1nnc(NCC(CC)CCCC)s1. The van der Waals surface area contributed by atoms with E-state index in [4.69, 9.17) is 0 Å². The lowest BCUT2D eigenvalue weighted by Crippen LogP contribution is -2.13. The van der Waals surface area contributed by atoms with E-state index >= 15 is 0 Å². The van der Waals surface area contributed by atoms with Crippen LogP contribution in [0.4, 0.5) is 5.13 Å². The van der Waals surface area contributed by atoms with E-state index in [-0.39, 0.29) is 0 Å². The highest BCUT2D eigenvalue weighted by Crippen LogP contribution is 2.35. The fraction of sp³-hybridized carbons (Fsp3) is 0.909. The van der Waals surface area contributed by atoms with Gasteiger partial charge in [-0.2, -0.15) is 0 Å². The number of unbranched alkanes of at least 4 members (excludes halogenated alkanes) is 10. The molecule has 0 bridgehead atoms. The average molecular weight is 446 g/mol. The van der Waals surface area contributed by atoms with Gasteiger partial charge in [-0.25, -0.2) is 0 Å². The monoisotopic (exact) mass is 445 g/mol. The summed E-state index contributed by atoms with van der Waals surface area (Å²) in [7, 11) is 3.73. The highest BCUT2D eigenvalue weighted by atomic mass is 33.1. The van der Waals surface area contributed by atoms with Crippen molar-refractivity contribution in [3.05, 3.63) is 0 Å². The van der Waals surface area contributed by atoms with Gasteiger partial charge in [-0.1, -0.05) is 120 Å². The lowest BCUT2D eigenvalue weighted by molar-refractivity contribution is 0.472. The molecular weight excluding hydrogens is 402 g/mol. The van der Waals surface area contributed by atoms with Crippen LogP contribution in [0.1, 0.15) is 111 Å². The minimum absolute atomic E-state index is 0.755. The third-order valence-electron chi connectivity index (χ3n) is 5.20. The number of nitrogens with zero attached hydrogens (tertiary/aromatic N) is 2. The van der Waals surface area contributed by atoms with Crippen LogP contribution < -0.4 is 5.32 Å². The molecule has 1 aromatic heterocycles. The molecule has 1 aromatic rings. The van der Waals surface area contributed by atoms with Crippen molar-refractivity contribution < 1.29 is 0 Å². The highest BCUT2D eigenvalue weighted by molar-refractivity contribution is 8.77. The quantitative estimate of drug-likeness (QED) is 0.160. The second kappa shape index (κ2) is 19.0. The molecule has 0 aliphatic heterocycles. The molecule has 0 saturated carbocycles. The summed E-state index contributed by atoms with van der Waals surface area (Å²) in [6, 6.07) is 0. The lowest BCUT2D eigenvalue weighted by Gasteiger charge is -2.14. The van der Waals surface area contributed by atoms with Crippen LogP contribution >= 0.6 is 32.9 Å². The third kappa shape index (κ3) is 14.1. The predicted octanol–water partition coefficient (Wildman–Crippen LogP) is 8.83. The molecule has 0 amide bonds. The summed E-state index contributed by atoms with van der Waals surface area (Å²) in [5.74, 6) is 1.98.